The summed E-state index contributed by atoms with van der Waals surface area (Å²) in [6.45, 7) is 0.0969. The van der Waals surface area contributed by atoms with Gasteiger partial charge < -0.3 is 4.74 Å². The van der Waals surface area contributed by atoms with Crippen LogP contribution in [0.3, 0.4) is 0 Å². The van der Waals surface area contributed by atoms with Crippen molar-refractivity contribution in [3.63, 3.8) is 0 Å². The first-order valence-corrected chi connectivity index (χ1v) is 5.03. The topological polar surface area (TPSA) is 26.3 Å². The first-order valence-electron chi connectivity index (χ1n) is 5.03. The molecule has 0 N–H and O–H groups in total. The van der Waals surface area contributed by atoms with Crippen molar-refractivity contribution < 1.29 is 9.53 Å². The second-order valence-corrected chi connectivity index (χ2v) is 3.29. The molecule has 0 aliphatic rings. The highest BCUT2D eigenvalue weighted by Crippen LogP contribution is 2.21. The van der Waals surface area contributed by atoms with Crippen LogP contribution in [0.5, 0.6) is 5.75 Å². The second kappa shape index (κ2) is 5.12. The molecule has 0 saturated carbocycles. The van der Waals surface area contributed by atoms with Crippen LogP contribution >= 0.6 is 0 Å². The molecule has 0 bridgehead atoms. The Bertz CT molecular complexity index is 446. The number of carbonyl (C=O) groups excluding carboxylic acids is 1. The molecule has 0 unspecified atom stereocenters. The van der Waals surface area contributed by atoms with E-state index in [0.29, 0.717) is 5.75 Å². The van der Waals surface area contributed by atoms with Gasteiger partial charge in [0.15, 0.2) is 6.29 Å². The Morgan fingerprint density at radius 3 is 2.25 bits per heavy atom. The first-order chi connectivity index (χ1) is 7.90. The Morgan fingerprint density at radius 1 is 1.00 bits per heavy atom. The molecule has 0 amide bonds. The van der Waals surface area contributed by atoms with Gasteiger partial charge in [0.2, 0.25) is 0 Å². The van der Waals surface area contributed by atoms with Crippen molar-refractivity contribution in [2.24, 2.45) is 0 Å². The lowest BCUT2D eigenvalue weighted by atomic mass is 10.1. The molecular formula is C14H11O2. The molecule has 79 valence electrons. The molecule has 2 aromatic rings. The summed E-state index contributed by atoms with van der Waals surface area (Å²) in [6.07, 6.45) is 0.737. The lowest BCUT2D eigenvalue weighted by Gasteiger charge is -2.04. The summed E-state index contributed by atoms with van der Waals surface area (Å²) < 4.78 is 5.17. The smallest absolute Gasteiger partial charge is 0.157 e. The zero-order valence-corrected chi connectivity index (χ0v) is 8.72. The van der Waals surface area contributed by atoms with Crippen LogP contribution in [-0.4, -0.2) is 12.9 Å². The van der Waals surface area contributed by atoms with Crippen molar-refractivity contribution >= 4 is 6.29 Å². The molecule has 0 aliphatic heterocycles. The molecule has 1 radical (unpaired) electrons. The van der Waals surface area contributed by atoms with Crippen LogP contribution in [0.25, 0.3) is 11.1 Å². The summed E-state index contributed by atoms with van der Waals surface area (Å²) in [7, 11) is 0. The minimum atomic E-state index is 0.0969. The Morgan fingerprint density at radius 2 is 1.62 bits per heavy atom. The van der Waals surface area contributed by atoms with E-state index in [9.17, 15) is 4.79 Å². The van der Waals surface area contributed by atoms with Crippen LogP contribution in [-0.2, 0) is 4.79 Å². The van der Waals surface area contributed by atoms with Crippen molar-refractivity contribution in [3.05, 3.63) is 54.6 Å². The molecule has 0 fully saturated rings. The van der Waals surface area contributed by atoms with Gasteiger partial charge in [-0.1, -0.05) is 36.4 Å². The van der Waals surface area contributed by atoms with Gasteiger partial charge in [-0.25, -0.2) is 0 Å². The fraction of sp³-hybridized carbons (Fsp3) is 0.0714. The largest absolute Gasteiger partial charge is 0.486 e. The molecule has 16 heavy (non-hydrogen) atoms. The maximum Gasteiger partial charge on any atom is 0.157 e. The van der Waals surface area contributed by atoms with Crippen molar-refractivity contribution in [1.29, 1.82) is 0 Å². The highest BCUT2D eigenvalue weighted by molar-refractivity contribution is 5.63. The quantitative estimate of drug-likeness (QED) is 0.727. The summed E-state index contributed by atoms with van der Waals surface area (Å²) in [5.74, 6) is 0.707. The SMILES string of the molecule is O=CCOc1ccc(-c2cc[c]cc2)cc1. The van der Waals surface area contributed by atoms with Crippen LogP contribution in [0.2, 0.25) is 0 Å². The molecule has 2 nitrogen and oxygen atoms in total. The molecule has 0 saturated heterocycles. The average molecular weight is 211 g/mol. The van der Waals surface area contributed by atoms with Crippen LogP contribution < -0.4 is 4.74 Å². The lowest BCUT2D eigenvalue weighted by Crippen LogP contribution is -1.96. The summed E-state index contributed by atoms with van der Waals surface area (Å²) in [6, 6.07) is 18.4. The molecule has 2 rings (SSSR count). The summed E-state index contributed by atoms with van der Waals surface area (Å²) in [4.78, 5) is 10.1. The first kappa shape index (κ1) is 10.4. The fourth-order valence-corrected chi connectivity index (χ4v) is 1.45. The van der Waals surface area contributed by atoms with Gasteiger partial charge in [-0.15, -0.1) is 0 Å². The average Bonchev–Trinajstić information content (AvgIpc) is 2.38. The lowest BCUT2D eigenvalue weighted by molar-refractivity contribution is -0.109. The number of aldehydes is 1. The van der Waals surface area contributed by atoms with E-state index in [1.54, 1.807) is 0 Å². The fourth-order valence-electron chi connectivity index (χ4n) is 1.45. The number of benzene rings is 2. The van der Waals surface area contributed by atoms with E-state index in [1.165, 1.54) is 0 Å². The molecule has 2 aromatic carbocycles. The Balaban J connectivity index is 2.16. The van der Waals surface area contributed by atoms with Crippen LogP contribution in [0, 0.1) is 6.07 Å². The number of hydrogen-bond donors (Lipinski definition) is 0. The summed E-state index contributed by atoms with van der Waals surface area (Å²) in [5.41, 5.74) is 2.26. The highest BCUT2D eigenvalue weighted by Gasteiger charge is 1.97. The van der Waals surface area contributed by atoms with E-state index in [2.05, 4.69) is 6.07 Å². The monoisotopic (exact) mass is 211 g/mol. The van der Waals surface area contributed by atoms with E-state index < -0.39 is 0 Å². The summed E-state index contributed by atoms with van der Waals surface area (Å²) >= 11 is 0. The molecule has 0 aliphatic carbocycles. The standard InChI is InChI=1S/C14H11O2/c15-10-11-16-14-8-6-13(7-9-14)12-4-2-1-3-5-12/h2-10H,11H2. The number of ether oxygens (including phenoxy) is 1. The van der Waals surface area contributed by atoms with Gasteiger partial charge in [-0.3, -0.25) is 4.79 Å². The predicted octanol–water partition coefficient (Wildman–Crippen LogP) is 2.73. The molecule has 0 aromatic heterocycles. The number of rotatable bonds is 4. The molecule has 2 heteroatoms. The Labute approximate surface area is 94.5 Å². The molecule has 0 atom stereocenters. The van der Waals surface area contributed by atoms with E-state index in [0.717, 1.165) is 17.4 Å². The van der Waals surface area contributed by atoms with Gasteiger partial charge in [0, 0.05) is 0 Å². The van der Waals surface area contributed by atoms with Gasteiger partial charge in [0.05, 0.1) is 0 Å². The van der Waals surface area contributed by atoms with E-state index in [-0.39, 0.29) is 6.61 Å². The van der Waals surface area contributed by atoms with Crippen LogP contribution in [0.15, 0.2) is 48.5 Å². The van der Waals surface area contributed by atoms with Gasteiger partial charge in [-0.2, -0.15) is 0 Å². The Kier molecular flexibility index (Phi) is 3.34. The molecule has 0 heterocycles. The normalized spacial score (nSPS) is 9.75. The van der Waals surface area contributed by atoms with Crippen molar-refractivity contribution in [1.82, 2.24) is 0 Å². The maximum absolute atomic E-state index is 10.1. The van der Waals surface area contributed by atoms with Gasteiger partial charge in [0.1, 0.15) is 12.4 Å². The second-order valence-electron chi connectivity index (χ2n) is 3.29. The van der Waals surface area contributed by atoms with Crippen molar-refractivity contribution in [3.8, 4) is 16.9 Å². The number of carbonyl (C=O) groups is 1. The summed E-state index contributed by atoms with van der Waals surface area (Å²) in [5, 5.41) is 0. The van der Waals surface area contributed by atoms with Crippen molar-refractivity contribution in [2.45, 2.75) is 0 Å². The van der Waals surface area contributed by atoms with Gasteiger partial charge >= 0.3 is 0 Å². The molecule has 0 spiro atoms. The van der Waals surface area contributed by atoms with Gasteiger partial charge in [-0.05, 0) is 29.3 Å². The van der Waals surface area contributed by atoms with E-state index >= 15 is 0 Å². The van der Waals surface area contributed by atoms with Crippen LogP contribution in [0.1, 0.15) is 0 Å². The minimum absolute atomic E-state index is 0.0969. The third kappa shape index (κ3) is 2.48. The maximum atomic E-state index is 10.1. The van der Waals surface area contributed by atoms with Gasteiger partial charge in [0.25, 0.3) is 0 Å². The highest BCUT2D eigenvalue weighted by atomic mass is 16.5. The molecular weight excluding hydrogens is 200 g/mol. The zero-order chi connectivity index (χ0) is 11.2. The minimum Gasteiger partial charge on any atom is -0.486 e. The van der Waals surface area contributed by atoms with Crippen molar-refractivity contribution in [2.75, 3.05) is 6.61 Å². The predicted molar refractivity (Wildman–Crippen MR) is 62.3 cm³/mol. The Hall–Kier alpha value is -2.09. The van der Waals surface area contributed by atoms with E-state index in [1.807, 2.05) is 48.5 Å². The third-order valence-electron chi connectivity index (χ3n) is 2.22. The van der Waals surface area contributed by atoms with Crippen LogP contribution in [0.4, 0.5) is 0 Å². The zero-order valence-electron chi connectivity index (χ0n) is 8.72. The number of hydrogen-bond acceptors (Lipinski definition) is 2. The third-order valence-corrected chi connectivity index (χ3v) is 2.22. The van der Waals surface area contributed by atoms with E-state index in [4.69, 9.17) is 4.74 Å².